The SMILES string of the molecule is C[C@H]1COc2cccc(OCc3ccccc3)c2CN1C(=O)OC(C)(C)C. The molecule has 0 saturated carbocycles. The van der Waals surface area contributed by atoms with Crippen molar-refractivity contribution < 1.29 is 19.0 Å². The average Bonchev–Trinajstić information content (AvgIpc) is 2.79. The molecular formula is C22H27NO4. The van der Waals surface area contributed by atoms with Crippen LogP contribution >= 0.6 is 0 Å². The summed E-state index contributed by atoms with van der Waals surface area (Å²) < 4.78 is 17.6. The maximum absolute atomic E-state index is 12.7. The number of carbonyl (C=O) groups excluding carboxylic acids is 1. The zero-order valence-electron chi connectivity index (χ0n) is 16.4. The van der Waals surface area contributed by atoms with E-state index in [1.807, 2.05) is 76.2 Å². The largest absolute Gasteiger partial charge is 0.491 e. The van der Waals surface area contributed by atoms with Gasteiger partial charge in [-0.1, -0.05) is 36.4 Å². The Balaban J connectivity index is 1.82. The summed E-state index contributed by atoms with van der Waals surface area (Å²) in [4.78, 5) is 14.4. The number of ether oxygens (including phenoxy) is 3. The number of nitrogens with zero attached hydrogens (tertiary/aromatic N) is 1. The van der Waals surface area contributed by atoms with Gasteiger partial charge in [-0.2, -0.15) is 0 Å². The third-order valence-electron chi connectivity index (χ3n) is 4.30. The molecule has 0 saturated heterocycles. The Morgan fingerprint density at radius 2 is 1.89 bits per heavy atom. The third-order valence-corrected chi connectivity index (χ3v) is 4.30. The molecule has 144 valence electrons. The van der Waals surface area contributed by atoms with Crippen LogP contribution < -0.4 is 9.47 Å². The van der Waals surface area contributed by atoms with Gasteiger partial charge in [0.05, 0.1) is 18.2 Å². The van der Waals surface area contributed by atoms with Crippen LogP contribution in [0.3, 0.4) is 0 Å². The van der Waals surface area contributed by atoms with E-state index in [2.05, 4.69) is 0 Å². The molecule has 0 unspecified atom stereocenters. The fourth-order valence-corrected chi connectivity index (χ4v) is 2.90. The Bertz CT molecular complexity index is 783. The van der Waals surface area contributed by atoms with E-state index in [9.17, 15) is 4.79 Å². The quantitative estimate of drug-likeness (QED) is 0.781. The van der Waals surface area contributed by atoms with E-state index in [4.69, 9.17) is 14.2 Å². The van der Waals surface area contributed by atoms with Crippen LogP contribution in [0.5, 0.6) is 11.5 Å². The number of hydrogen-bond donors (Lipinski definition) is 0. The lowest BCUT2D eigenvalue weighted by molar-refractivity contribution is 0.0132. The first-order valence-corrected chi connectivity index (χ1v) is 9.24. The summed E-state index contributed by atoms with van der Waals surface area (Å²) in [5, 5.41) is 0. The highest BCUT2D eigenvalue weighted by Crippen LogP contribution is 2.34. The fourth-order valence-electron chi connectivity index (χ4n) is 2.90. The van der Waals surface area contributed by atoms with Crippen LogP contribution in [0.4, 0.5) is 4.79 Å². The molecule has 5 heteroatoms. The minimum atomic E-state index is -0.546. The lowest BCUT2D eigenvalue weighted by Gasteiger charge is -2.30. The van der Waals surface area contributed by atoms with Crippen molar-refractivity contribution >= 4 is 6.09 Å². The van der Waals surface area contributed by atoms with Gasteiger partial charge in [0.25, 0.3) is 0 Å². The molecule has 27 heavy (non-hydrogen) atoms. The number of hydrogen-bond acceptors (Lipinski definition) is 4. The Morgan fingerprint density at radius 3 is 2.59 bits per heavy atom. The van der Waals surface area contributed by atoms with Crippen molar-refractivity contribution in [1.82, 2.24) is 4.90 Å². The number of rotatable bonds is 3. The molecule has 0 aliphatic carbocycles. The second-order valence-electron chi connectivity index (χ2n) is 7.78. The lowest BCUT2D eigenvalue weighted by atomic mass is 10.1. The summed E-state index contributed by atoms with van der Waals surface area (Å²) in [6.45, 7) is 8.81. The minimum Gasteiger partial charge on any atom is -0.491 e. The van der Waals surface area contributed by atoms with Gasteiger partial charge < -0.3 is 14.2 Å². The van der Waals surface area contributed by atoms with E-state index in [0.717, 1.165) is 22.6 Å². The molecular weight excluding hydrogens is 342 g/mol. The van der Waals surface area contributed by atoms with Gasteiger partial charge >= 0.3 is 6.09 Å². The highest BCUT2D eigenvalue weighted by Gasteiger charge is 2.31. The maximum Gasteiger partial charge on any atom is 0.410 e. The molecule has 0 N–H and O–H groups in total. The van der Waals surface area contributed by atoms with Gasteiger partial charge in [-0.3, -0.25) is 4.90 Å². The zero-order valence-corrected chi connectivity index (χ0v) is 16.4. The third kappa shape index (κ3) is 4.94. The van der Waals surface area contributed by atoms with E-state index in [1.165, 1.54) is 0 Å². The summed E-state index contributed by atoms with van der Waals surface area (Å²) in [5.41, 5.74) is 1.40. The van der Waals surface area contributed by atoms with Crippen molar-refractivity contribution in [3.63, 3.8) is 0 Å². The number of benzene rings is 2. The van der Waals surface area contributed by atoms with Gasteiger partial charge in [-0.25, -0.2) is 4.79 Å². The molecule has 2 aromatic carbocycles. The van der Waals surface area contributed by atoms with E-state index < -0.39 is 5.60 Å². The highest BCUT2D eigenvalue weighted by molar-refractivity contribution is 5.69. The van der Waals surface area contributed by atoms with Gasteiger partial charge in [0.2, 0.25) is 0 Å². The van der Waals surface area contributed by atoms with Crippen molar-refractivity contribution in [2.75, 3.05) is 6.61 Å². The summed E-state index contributed by atoms with van der Waals surface area (Å²) in [5.74, 6) is 1.47. The molecule has 3 rings (SSSR count). The predicted octanol–water partition coefficient (Wildman–Crippen LogP) is 4.78. The van der Waals surface area contributed by atoms with Crippen LogP contribution in [-0.2, 0) is 17.9 Å². The Labute approximate surface area is 160 Å². The van der Waals surface area contributed by atoms with E-state index >= 15 is 0 Å². The van der Waals surface area contributed by atoms with Gasteiger partial charge in [0.15, 0.2) is 0 Å². The number of amides is 1. The van der Waals surface area contributed by atoms with E-state index in [-0.39, 0.29) is 12.1 Å². The zero-order chi connectivity index (χ0) is 19.4. The first-order valence-electron chi connectivity index (χ1n) is 9.24. The van der Waals surface area contributed by atoms with Crippen LogP contribution in [-0.4, -0.2) is 29.2 Å². The van der Waals surface area contributed by atoms with Crippen LogP contribution in [0.25, 0.3) is 0 Å². The fraction of sp³-hybridized carbons (Fsp3) is 0.409. The van der Waals surface area contributed by atoms with E-state index in [0.29, 0.717) is 19.8 Å². The number of fused-ring (bicyclic) bond motifs is 1. The van der Waals surface area contributed by atoms with Gasteiger partial charge in [-0.05, 0) is 45.4 Å². The molecule has 1 aliphatic rings. The summed E-state index contributed by atoms with van der Waals surface area (Å²) in [6.07, 6.45) is -0.343. The van der Waals surface area contributed by atoms with Crippen molar-refractivity contribution in [2.24, 2.45) is 0 Å². The molecule has 0 radical (unpaired) electrons. The Kier molecular flexibility index (Phi) is 5.59. The first-order chi connectivity index (χ1) is 12.8. The molecule has 0 fully saturated rings. The maximum atomic E-state index is 12.7. The minimum absolute atomic E-state index is 0.103. The van der Waals surface area contributed by atoms with Crippen LogP contribution in [0.15, 0.2) is 48.5 Å². The van der Waals surface area contributed by atoms with Gasteiger partial charge in [0, 0.05) is 0 Å². The average molecular weight is 369 g/mol. The molecule has 5 nitrogen and oxygen atoms in total. The second kappa shape index (κ2) is 7.91. The summed E-state index contributed by atoms with van der Waals surface area (Å²) >= 11 is 0. The molecule has 0 aromatic heterocycles. The predicted molar refractivity (Wildman–Crippen MR) is 104 cm³/mol. The standard InChI is InChI=1S/C22H27NO4/c1-16-14-25-19-11-8-12-20(26-15-17-9-6-5-7-10-17)18(19)13-23(16)21(24)27-22(2,3)4/h5-12,16H,13-15H2,1-4H3/t16-/m0/s1. The highest BCUT2D eigenvalue weighted by atomic mass is 16.6. The molecule has 0 spiro atoms. The second-order valence-corrected chi connectivity index (χ2v) is 7.78. The monoisotopic (exact) mass is 369 g/mol. The van der Waals surface area contributed by atoms with Crippen LogP contribution in [0.1, 0.15) is 38.8 Å². The van der Waals surface area contributed by atoms with E-state index in [1.54, 1.807) is 4.90 Å². The molecule has 1 heterocycles. The van der Waals surface area contributed by atoms with Crippen molar-refractivity contribution in [3.05, 3.63) is 59.7 Å². The number of carbonyl (C=O) groups is 1. The molecule has 0 bridgehead atoms. The lowest BCUT2D eigenvalue weighted by Crippen LogP contribution is -2.43. The van der Waals surface area contributed by atoms with Gasteiger partial charge in [0.1, 0.15) is 30.3 Å². The van der Waals surface area contributed by atoms with Crippen molar-refractivity contribution in [2.45, 2.75) is 52.5 Å². The van der Waals surface area contributed by atoms with Crippen molar-refractivity contribution in [3.8, 4) is 11.5 Å². The van der Waals surface area contributed by atoms with Gasteiger partial charge in [-0.15, -0.1) is 0 Å². The normalized spacial score (nSPS) is 16.7. The Morgan fingerprint density at radius 1 is 1.15 bits per heavy atom. The summed E-state index contributed by atoms with van der Waals surface area (Å²) in [6, 6.07) is 15.6. The topological polar surface area (TPSA) is 48.0 Å². The Hall–Kier alpha value is -2.69. The smallest absolute Gasteiger partial charge is 0.410 e. The van der Waals surface area contributed by atoms with Crippen LogP contribution in [0.2, 0.25) is 0 Å². The van der Waals surface area contributed by atoms with Crippen LogP contribution in [0, 0.1) is 0 Å². The molecule has 2 aromatic rings. The first kappa shape index (κ1) is 19.1. The molecule has 1 amide bonds. The molecule has 1 aliphatic heterocycles. The molecule has 1 atom stereocenters. The van der Waals surface area contributed by atoms with Crippen molar-refractivity contribution in [1.29, 1.82) is 0 Å². The summed E-state index contributed by atoms with van der Waals surface area (Å²) in [7, 11) is 0.